The molecule has 0 aromatic carbocycles. The summed E-state index contributed by atoms with van der Waals surface area (Å²) in [4.78, 5) is 0. The highest BCUT2D eigenvalue weighted by Crippen LogP contribution is 2.31. The first-order valence-electron chi connectivity index (χ1n) is 5.65. The van der Waals surface area contributed by atoms with Crippen molar-refractivity contribution in [3.05, 3.63) is 38.4 Å². The lowest BCUT2D eigenvalue weighted by atomic mass is 10.1. The maximum absolute atomic E-state index is 10.1. The van der Waals surface area contributed by atoms with Gasteiger partial charge in [-0.1, -0.05) is 6.92 Å². The number of halogens is 2. The lowest BCUT2D eigenvalue weighted by Crippen LogP contribution is -2.05. The van der Waals surface area contributed by atoms with Crippen molar-refractivity contribution in [2.24, 2.45) is 7.05 Å². The smallest absolute Gasteiger partial charge is 0.183 e. The van der Waals surface area contributed by atoms with E-state index in [0.29, 0.717) is 16.9 Å². The molecule has 0 amide bonds. The van der Waals surface area contributed by atoms with Crippen LogP contribution in [0, 0.1) is 0 Å². The van der Waals surface area contributed by atoms with Crippen molar-refractivity contribution in [2.45, 2.75) is 25.9 Å². The molecule has 18 heavy (non-hydrogen) atoms. The normalized spacial score (nSPS) is 12.9. The Kier molecular flexibility index (Phi) is 4.29. The summed E-state index contributed by atoms with van der Waals surface area (Å²) in [5.74, 6) is 0.535. The van der Waals surface area contributed by atoms with Gasteiger partial charge in [0.25, 0.3) is 0 Å². The highest BCUT2D eigenvalue weighted by atomic mass is 79.9. The molecular formula is C12H14Br2N2O2. The third kappa shape index (κ3) is 2.87. The third-order valence-electron chi connectivity index (χ3n) is 2.78. The molecule has 0 fully saturated rings. The number of hydrogen-bond donors (Lipinski definition) is 1. The molecule has 0 aliphatic carbocycles. The molecule has 0 bridgehead atoms. The van der Waals surface area contributed by atoms with Gasteiger partial charge in [-0.05, 0) is 50.4 Å². The highest BCUT2D eigenvalue weighted by molar-refractivity contribution is 9.13. The molecule has 1 N–H and O–H groups in total. The van der Waals surface area contributed by atoms with Crippen LogP contribution in [0.1, 0.15) is 30.2 Å². The molecule has 2 aromatic rings. The first-order valence-corrected chi connectivity index (χ1v) is 7.24. The van der Waals surface area contributed by atoms with Crippen molar-refractivity contribution in [1.82, 2.24) is 9.78 Å². The fourth-order valence-corrected chi connectivity index (χ4v) is 2.37. The van der Waals surface area contributed by atoms with Gasteiger partial charge in [-0.2, -0.15) is 5.10 Å². The number of furan rings is 1. The maximum Gasteiger partial charge on any atom is 0.183 e. The highest BCUT2D eigenvalue weighted by Gasteiger charge is 2.17. The first kappa shape index (κ1) is 13.8. The summed E-state index contributed by atoms with van der Waals surface area (Å²) >= 11 is 6.59. The van der Waals surface area contributed by atoms with Gasteiger partial charge in [0.15, 0.2) is 4.67 Å². The van der Waals surface area contributed by atoms with Crippen LogP contribution in [0.2, 0.25) is 0 Å². The van der Waals surface area contributed by atoms with Crippen molar-refractivity contribution in [3.8, 4) is 0 Å². The van der Waals surface area contributed by atoms with E-state index in [2.05, 4.69) is 43.9 Å². The van der Waals surface area contributed by atoms with Gasteiger partial charge in [0, 0.05) is 19.2 Å². The summed E-state index contributed by atoms with van der Waals surface area (Å²) in [5.41, 5.74) is 2.02. The fraction of sp³-hybridized carbons (Fsp3) is 0.417. The summed E-state index contributed by atoms with van der Waals surface area (Å²) in [7, 11) is 1.88. The zero-order valence-corrected chi connectivity index (χ0v) is 13.3. The molecule has 0 aliphatic rings. The first-order chi connectivity index (χ1) is 8.51. The van der Waals surface area contributed by atoms with Crippen molar-refractivity contribution >= 4 is 31.9 Å². The van der Waals surface area contributed by atoms with Gasteiger partial charge >= 0.3 is 0 Å². The Morgan fingerprint density at radius 2 is 2.17 bits per heavy atom. The molecule has 2 aromatic heterocycles. The molecule has 0 saturated carbocycles. The van der Waals surface area contributed by atoms with E-state index < -0.39 is 6.10 Å². The molecule has 98 valence electrons. The van der Waals surface area contributed by atoms with E-state index in [9.17, 15) is 5.11 Å². The molecule has 0 aliphatic heterocycles. The third-order valence-corrected chi connectivity index (χ3v) is 4.49. The Labute approximate surface area is 122 Å². The summed E-state index contributed by atoms with van der Waals surface area (Å²) in [6.45, 7) is 2.06. The minimum absolute atomic E-state index is 0.482. The van der Waals surface area contributed by atoms with Gasteiger partial charge in [-0.15, -0.1) is 0 Å². The Morgan fingerprint density at radius 3 is 2.67 bits per heavy atom. The van der Waals surface area contributed by atoms with Gasteiger partial charge in [0.05, 0.1) is 10.2 Å². The minimum atomic E-state index is -0.673. The van der Waals surface area contributed by atoms with Crippen LogP contribution < -0.4 is 0 Å². The van der Waals surface area contributed by atoms with Gasteiger partial charge in [-0.3, -0.25) is 4.68 Å². The van der Waals surface area contributed by atoms with E-state index in [4.69, 9.17) is 4.42 Å². The topological polar surface area (TPSA) is 51.2 Å². The van der Waals surface area contributed by atoms with Crippen molar-refractivity contribution in [1.29, 1.82) is 0 Å². The number of aromatic nitrogens is 2. The van der Waals surface area contributed by atoms with Crippen LogP contribution in [0.4, 0.5) is 0 Å². The summed E-state index contributed by atoms with van der Waals surface area (Å²) in [6, 6.07) is 3.78. The molecule has 0 spiro atoms. The maximum atomic E-state index is 10.1. The molecule has 0 saturated heterocycles. The zero-order valence-electron chi connectivity index (χ0n) is 10.2. The minimum Gasteiger partial charge on any atom is -0.450 e. The number of aliphatic hydroxyl groups is 1. The van der Waals surface area contributed by atoms with E-state index in [1.165, 1.54) is 0 Å². The number of hydrogen-bond acceptors (Lipinski definition) is 3. The van der Waals surface area contributed by atoms with Gasteiger partial charge in [0.2, 0.25) is 0 Å². The van der Waals surface area contributed by atoms with E-state index in [1.54, 1.807) is 10.7 Å². The number of nitrogens with zero attached hydrogens (tertiary/aromatic N) is 2. The molecule has 0 radical (unpaired) electrons. The Balaban J connectivity index is 2.15. The Bertz CT molecular complexity index is 529. The number of aryl methyl sites for hydroxylation is 2. The second-order valence-electron chi connectivity index (χ2n) is 4.09. The van der Waals surface area contributed by atoms with E-state index >= 15 is 0 Å². The zero-order chi connectivity index (χ0) is 13.3. The van der Waals surface area contributed by atoms with Crippen LogP contribution in [-0.2, 0) is 19.9 Å². The summed E-state index contributed by atoms with van der Waals surface area (Å²) < 4.78 is 8.61. The van der Waals surface area contributed by atoms with Crippen LogP contribution in [0.25, 0.3) is 0 Å². The molecular weight excluding hydrogens is 364 g/mol. The summed E-state index contributed by atoms with van der Waals surface area (Å²) in [6.07, 6.45) is 0.699. The van der Waals surface area contributed by atoms with Crippen LogP contribution >= 0.6 is 31.9 Å². The Hall–Kier alpha value is -0.590. The standard InChI is InChI=1S/C12H14Br2N2O2/c1-3-7-4-8(16(2)15-7)5-10(17)11-6-9(13)12(14)18-11/h4,6,10,17H,3,5H2,1-2H3. The number of aliphatic hydroxyl groups excluding tert-OH is 1. The fourth-order valence-electron chi connectivity index (χ4n) is 1.76. The molecule has 2 heterocycles. The van der Waals surface area contributed by atoms with Crippen LogP contribution in [-0.4, -0.2) is 14.9 Å². The van der Waals surface area contributed by atoms with Gasteiger partial charge < -0.3 is 9.52 Å². The lowest BCUT2D eigenvalue weighted by molar-refractivity contribution is 0.146. The van der Waals surface area contributed by atoms with Gasteiger partial charge in [0.1, 0.15) is 11.9 Å². The second-order valence-corrected chi connectivity index (χ2v) is 5.67. The van der Waals surface area contributed by atoms with Crippen molar-refractivity contribution in [2.75, 3.05) is 0 Å². The number of rotatable bonds is 4. The van der Waals surface area contributed by atoms with Crippen LogP contribution in [0.15, 0.2) is 25.7 Å². The lowest BCUT2D eigenvalue weighted by Gasteiger charge is -2.07. The quantitative estimate of drug-likeness (QED) is 0.888. The molecule has 1 atom stereocenters. The molecule has 1 unspecified atom stereocenters. The van der Waals surface area contributed by atoms with Gasteiger partial charge in [-0.25, -0.2) is 0 Å². The Morgan fingerprint density at radius 1 is 1.44 bits per heavy atom. The average molecular weight is 378 g/mol. The van der Waals surface area contributed by atoms with Crippen LogP contribution in [0.5, 0.6) is 0 Å². The second kappa shape index (κ2) is 5.59. The van der Waals surface area contributed by atoms with Crippen LogP contribution in [0.3, 0.4) is 0 Å². The molecule has 4 nitrogen and oxygen atoms in total. The largest absolute Gasteiger partial charge is 0.450 e. The average Bonchev–Trinajstić information content (AvgIpc) is 2.84. The molecule has 6 heteroatoms. The van der Waals surface area contributed by atoms with E-state index in [1.807, 2.05) is 13.1 Å². The van der Waals surface area contributed by atoms with E-state index in [-0.39, 0.29) is 0 Å². The predicted molar refractivity (Wildman–Crippen MR) is 75.4 cm³/mol. The predicted octanol–water partition coefficient (Wildman–Crippen LogP) is 3.38. The SMILES string of the molecule is CCc1cc(CC(O)c2cc(Br)c(Br)o2)n(C)n1. The molecule has 2 rings (SSSR count). The monoisotopic (exact) mass is 376 g/mol. The van der Waals surface area contributed by atoms with E-state index in [0.717, 1.165) is 22.3 Å². The van der Waals surface area contributed by atoms with Crippen molar-refractivity contribution < 1.29 is 9.52 Å². The van der Waals surface area contributed by atoms with Crippen molar-refractivity contribution in [3.63, 3.8) is 0 Å². The summed E-state index contributed by atoms with van der Waals surface area (Å²) in [5, 5.41) is 14.5.